The average Bonchev–Trinajstić information content (AvgIpc) is 2.70. The van der Waals surface area contributed by atoms with Crippen molar-refractivity contribution in [3.8, 4) is 5.75 Å². The number of nitrogens with zero attached hydrogens (tertiary/aromatic N) is 2. The summed E-state index contributed by atoms with van der Waals surface area (Å²) in [6.45, 7) is 4.69. The van der Waals surface area contributed by atoms with E-state index in [9.17, 15) is 13.2 Å². The molecule has 148 valence electrons. The Morgan fingerprint density at radius 2 is 1.79 bits per heavy atom. The lowest BCUT2D eigenvalue weighted by molar-refractivity contribution is -0.122. The molecule has 2 aromatic carbocycles. The van der Waals surface area contributed by atoms with Gasteiger partial charge < -0.3 is 10.1 Å². The van der Waals surface area contributed by atoms with Gasteiger partial charge in [0.25, 0.3) is 5.91 Å². The highest BCUT2D eigenvalue weighted by Crippen LogP contribution is 2.33. The van der Waals surface area contributed by atoms with Gasteiger partial charge in [0.15, 0.2) is 6.10 Å². The van der Waals surface area contributed by atoms with Crippen LogP contribution in [0.25, 0.3) is 0 Å². The largest absolute Gasteiger partial charge is 0.479 e. The Kier molecular flexibility index (Phi) is 5.09. The fourth-order valence-corrected chi connectivity index (χ4v) is 4.92. The molecular formula is C20H23N3O4S. The van der Waals surface area contributed by atoms with Gasteiger partial charge in [-0.3, -0.25) is 9.69 Å². The molecule has 1 amide bonds. The van der Waals surface area contributed by atoms with Crippen LogP contribution in [0.2, 0.25) is 0 Å². The first-order chi connectivity index (χ1) is 13.4. The third-order valence-electron chi connectivity index (χ3n) is 5.10. The molecule has 1 atom stereocenters. The van der Waals surface area contributed by atoms with Crippen LogP contribution in [0.1, 0.15) is 12.5 Å². The minimum absolute atomic E-state index is 0.168. The molecule has 28 heavy (non-hydrogen) atoms. The Morgan fingerprint density at radius 3 is 2.50 bits per heavy atom. The van der Waals surface area contributed by atoms with Crippen LogP contribution in [0.15, 0.2) is 53.4 Å². The predicted octanol–water partition coefficient (Wildman–Crippen LogP) is 1.91. The van der Waals surface area contributed by atoms with Gasteiger partial charge in [0.1, 0.15) is 5.75 Å². The predicted molar refractivity (Wildman–Crippen MR) is 106 cm³/mol. The van der Waals surface area contributed by atoms with Crippen molar-refractivity contribution in [1.82, 2.24) is 9.21 Å². The fourth-order valence-electron chi connectivity index (χ4n) is 3.47. The van der Waals surface area contributed by atoms with Crippen LogP contribution in [0.5, 0.6) is 5.75 Å². The molecule has 0 spiro atoms. The summed E-state index contributed by atoms with van der Waals surface area (Å²) in [6, 6.07) is 14.8. The summed E-state index contributed by atoms with van der Waals surface area (Å²) >= 11 is 0. The number of sulfonamides is 1. The summed E-state index contributed by atoms with van der Waals surface area (Å²) in [6.07, 6.45) is -0.590. The van der Waals surface area contributed by atoms with E-state index in [1.54, 1.807) is 13.0 Å². The second-order valence-electron chi connectivity index (χ2n) is 7.07. The third-order valence-corrected chi connectivity index (χ3v) is 6.99. The number of fused-ring (bicyclic) bond motifs is 1. The van der Waals surface area contributed by atoms with Gasteiger partial charge in [-0.05, 0) is 30.7 Å². The number of rotatable bonds is 4. The number of carbonyl (C=O) groups excluding carboxylic acids is 1. The summed E-state index contributed by atoms with van der Waals surface area (Å²) in [5.74, 6) is 0.204. The Labute approximate surface area is 165 Å². The number of piperazine rings is 1. The first kappa shape index (κ1) is 18.9. The normalized spacial score (nSPS) is 20.9. The second-order valence-corrected chi connectivity index (χ2v) is 9.01. The lowest BCUT2D eigenvalue weighted by Gasteiger charge is -2.34. The van der Waals surface area contributed by atoms with Crippen LogP contribution in [0.4, 0.5) is 5.69 Å². The Hall–Kier alpha value is -2.42. The van der Waals surface area contributed by atoms with Crippen LogP contribution >= 0.6 is 0 Å². The first-order valence-corrected chi connectivity index (χ1v) is 10.8. The second kappa shape index (κ2) is 7.54. The summed E-state index contributed by atoms with van der Waals surface area (Å²) < 4.78 is 33.1. The van der Waals surface area contributed by atoms with E-state index in [0.717, 1.165) is 6.54 Å². The maximum atomic E-state index is 13.0. The molecule has 0 radical (unpaired) electrons. The van der Waals surface area contributed by atoms with Crippen molar-refractivity contribution >= 4 is 21.6 Å². The minimum atomic E-state index is -3.62. The van der Waals surface area contributed by atoms with Gasteiger partial charge in [-0.15, -0.1) is 0 Å². The molecule has 1 unspecified atom stereocenters. The van der Waals surface area contributed by atoms with E-state index in [4.69, 9.17) is 4.74 Å². The average molecular weight is 401 g/mol. The van der Waals surface area contributed by atoms with Crippen molar-refractivity contribution in [1.29, 1.82) is 0 Å². The number of benzene rings is 2. The zero-order valence-electron chi connectivity index (χ0n) is 15.7. The van der Waals surface area contributed by atoms with Gasteiger partial charge in [-0.25, -0.2) is 8.42 Å². The third kappa shape index (κ3) is 3.76. The number of hydrogen-bond acceptors (Lipinski definition) is 5. The van der Waals surface area contributed by atoms with Crippen molar-refractivity contribution in [2.45, 2.75) is 24.5 Å². The molecule has 0 bridgehead atoms. The summed E-state index contributed by atoms with van der Waals surface area (Å²) in [5, 5.41) is 2.70. The molecule has 1 fully saturated rings. The first-order valence-electron chi connectivity index (χ1n) is 9.31. The summed E-state index contributed by atoms with van der Waals surface area (Å²) in [7, 11) is -3.62. The summed E-state index contributed by atoms with van der Waals surface area (Å²) in [5.41, 5.74) is 1.62. The molecule has 2 aliphatic rings. The zero-order chi connectivity index (χ0) is 19.7. The van der Waals surface area contributed by atoms with Crippen LogP contribution in [-0.2, 0) is 21.4 Å². The highest BCUT2D eigenvalue weighted by Gasteiger charge is 2.31. The van der Waals surface area contributed by atoms with Crippen molar-refractivity contribution < 1.29 is 17.9 Å². The molecule has 1 N–H and O–H groups in total. The minimum Gasteiger partial charge on any atom is -0.479 e. The molecule has 2 heterocycles. The van der Waals surface area contributed by atoms with Crippen molar-refractivity contribution in [3.63, 3.8) is 0 Å². The maximum Gasteiger partial charge on any atom is 0.265 e. The van der Waals surface area contributed by atoms with Gasteiger partial charge >= 0.3 is 0 Å². The van der Waals surface area contributed by atoms with Gasteiger partial charge in [-0.2, -0.15) is 4.31 Å². The number of hydrogen-bond donors (Lipinski definition) is 1. The van der Waals surface area contributed by atoms with Gasteiger partial charge in [0.05, 0.1) is 10.6 Å². The molecule has 4 rings (SSSR count). The van der Waals surface area contributed by atoms with Crippen molar-refractivity contribution in [3.05, 3.63) is 54.1 Å². The number of ether oxygens (including phenoxy) is 1. The van der Waals surface area contributed by atoms with Crippen LogP contribution < -0.4 is 10.1 Å². The van der Waals surface area contributed by atoms with E-state index < -0.39 is 16.1 Å². The van der Waals surface area contributed by atoms with E-state index >= 15 is 0 Å². The molecule has 2 aliphatic heterocycles. The monoisotopic (exact) mass is 401 g/mol. The van der Waals surface area contributed by atoms with Gasteiger partial charge in [0, 0.05) is 32.7 Å². The van der Waals surface area contributed by atoms with Gasteiger partial charge in [-0.1, -0.05) is 30.3 Å². The molecule has 8 heteroatoms. The van der Waals surface area contributed by atoms with Crippen molar-refractivity contribution in [2.24, 2.45) is 0 Å². The molecule has 2 aromatic rings. The van der Waals surface area contributed by atoms with E-state index in [1.807, 2.05) is 18.2 Å². The molecule has 0 aliphatic carbocycles. The number of carbonyl (C=O) groups is 1. The van der Waals surface area contributed by atoms with E-state index in [-0.39, 0.29) is 10.8 Å². The van der Waals surface area contributed by atoms with Crippen molar-refractivity contribution in [2.75, 3.05) is 31.5 Å². The Bertz CT molecular complexity index is 970. The number of anilines is 1. The molecule has 0 aromatic heterocycles. The van der Waals surface area contributed by atoms with E-state index in [1.165, 1.54) is 22.0 Å². The zero-order valence-corrected chi connectivity index (χ0v) is 16.5. The van der Waals surface area contributed by atoms with Gasteiger partial charge in [0.2, 0.25) is 10.0 Å². The lowest BCUT2D eigenvalue weighted by atomic mass is 10.2. The topological polar surface area (TPSA) is 79.0 Å². The highest BCUT2D eigenvalue weighted by molar-refractivity contribution is 7.89. The molecular weight excluding hydrogens is 378 g/mol. The summed E-state index contributed by atoms with van der Waals surface area (Å²) in [4.78, 5) is 14.2. The molecule has 0 saturated carbocycles. The maximum absolute atomic E-state index is 13.0. The number of nitrogens with one attached hydrogen (secondary N) is 1. The Balaban J connectivity index is 1.45. The van der Waals surface area contributed by atoms with Crippen LogP contribution in [0.3, 0.4) is 0 Å². The standard InChI is InChI=1S/C20H23N3O4S/c1-15-20(24)21-18-13-17(7-8-19(18)27-15)28(25,26)23-11-9-22(10-12-23)14-16-5-3-2-4-6-16/h2-8,13,15H,9-12,14H2,1H3,(H,21,24). The van der Waals surface area contributed by atoms with Crippen LogP contribution in [-0.4, -0.2) is 55.8 Å². The molecule has 1 saturated heterocycles. The fraction of sp³-hybridized carbons (Fsp3) is 0.350. The van der Waals surface area contributed by atoms with E-state index in [2.05, 4.69) is 22.3 Å². The molecule has 7 nitrogen and oxygen atoms in total. The quantitative estimate of drug-likeness (QED) is 0.847. The highest BCUT2D eigenvalue weighted by atomic mass is 32.2. The SMILES string of the molecule is CC1Oc2ccc(S(=O)(=O)N3CCN(Cc4ccccc4)CC3)cc2NC1=O. The van der Waals surface area contributed by atoms with E-state index in [0.29, 0.717) is 37.6 Å². The van der Waals surface area contributed by atoms with Crippen LogP contribution in [0, 0.1) is 0 Å². The number of amides is 1. The Morgan fingerprint density at radius 1 is 1.07 bits per heavy atom. The smallest absolute Gasteiger partial charge is 0.265 e. The lowest BCUT2D eigenvalue weighted by Crippen LogP contribution is -2.48.